The Morgan fingerprint density at radius 1 is 1.24 bits per heavy atom. The van der Waals surface area contributed by atoms with Crippen molar-refractivity contribution < 1.29 is 13.2 Å². The molecule has 4 rings (SSSR count). The van der Waals surface area contributed by atoms with Crippen molar-refractivity contribution in [3.05, 3.63) is 40.4 Å². The van der Waals surface area contributed by atoms with Gasteiger partial charge < -0.3 is 0 Å². The van der Waals surface area contributed by atoms with Crippen LogP contribution in [0.15, 0.2) is 29.2 Å². The second kappa shape index (κ2) is 6.19. The first kappa shape index (κ1) is 16.7. The molecule has 8 heteroatoms. The zero-order valence-electron chi connectivity index (χ0n) is 13.9. The number of carbonyl (C=O) groups excluding carboxylic acids is 1. The molecule has 0 bridgehead atoms. The van der Waals surface area contributed by atoms with Gasteiger partial charge in [-0.05, 0) is 56.4 Å². The minimum atomic E-state index is -3.48. The zero-order valence-corrected chi connectivity index (χ0v) is 15.5. The molecule has 0 spiro atoms. The van der Waals surface area contributed by atoms with E-state index in [1.165, 1.54) is 32.7 Å². The lowest BCUT2D eigenvalue weighted by molar-refractivity contribution is 0.102. The van der Waals surface area contributed by atoms with Crippen molar-refractivity contribution in [3.8, 4) is 0 Å². The van der Waals surface area contributed by atoms with Crippen LogP contribution in [0.2, 0.25) is 0 Å². The fourth-order valence-electron chi connectivity index (χ4n) is 2.99. The summed E-state index contributed by atoms with van der Waals surface area (Å²) in [6, 6.07) is 6.18. The van der Waals surface area contributed by atoms with Gasteiger partial charge in [-0.15, -0.1) is 11.3 Å². The number of fused-ring (bicyclic) bond motifs is 1. The summed E-state index contributed by atoms with van der Waals surface area (Å²) < 4.78 is 26.4. The standard InChI is InChI=1S/C17H19N3O3S2/c1-20(12-7-8-12)25(22,23)13-9-5-11(6-10-13)16(21)19-17-18-14-3-2-4-15(14)24-17/h5-6,9-10,12H,2-4,7-8H2,1H3,(H,18,19,21). The van der Waals surface area contributed by atoms with E-state index in [2.05, 4.69) is 10.3 Å². The van der Waals surface area contributed by atoms with E-state index in [-0.39, 0.29) is 16.8 Å². The van der Waals surface area contributed by atoms with Crippen molar-refractivity contribution in [1.82, 2.24) is 9.29 Å². The van der Waals surface area contributed by atoms with Gasteiger partial charge in [0.05, 0.1) is 10.6 Å². The molecule has 1 saturated carbocycles. The van der Waals surface area contributed by atoms with Crippen LogP contribution in [0.3, 0.4) is 0 Å². The maximum Gasteiger partial charge on any atom is 0.257 e. The number of carbonyl (C=O) groups is 1. The Balaban J connectivity index is 1.48. The number of hydrogen-bond donors (Lipinski definition) is 1. The SMILES string of the molecule is CN(C1CC1)S(=O)(=O)c1ccc(C(=O)Nc2nc3c(s2)CCC3)cc1. The van der Waals surface area contributed by atoms with E-state index in [9.17, 15) is 13.2 Å². The highest BCUT2D eigenvalue weighted by molar-refractivity contribution is 7.89. The van der Waals surface area contributed by atoms with Gasteiger partial charge in [0, 0.05) is 23.5 Å². The Morgan fingerprint density at radius 3 is 2.60 bits per heavy atom. The smallest absolute Gasteiger partial charge is 0.257 e. The molecule has 1 aromatic heterocycles. The van der Waals surface area contributed by atoms with Crippen molar-refractivity contribution in [1.29, 1.82) is 0 Å². The predicted molar refractivity (Wildman–Crippen MR) is 96.5 cm³/mol. The summed E-state index contributed by atoms with van der Waals surface area (Å²) >= 11 is 1.52. The third-order valence-electron chi connectivity index (χ3n) is 4.67. The van der Waals surface area contributed by atoms with Gasteiger partial charge in [-0.2, -0.15) is 4.31 Å². The molecular formula is C17H19N3O3S2. The molecule has 1 aromatic carbocycles. The Hall–Kier alpha value is -1.77. The fraction of sp³-hybridized carbons (Fsp3) is 0.412. The van der Waals surface area contributed by atoms with Gasteiger partial charge in [0.25, 0.3) is 5.91 Å². The molecule has 2 aliphatic rings. The van der Waals surface area contributed by atoms with Gasteiger partial charge in [-0.1, -0.05) is 0 Å². The Bertz CT molecular complexity index is 894. The number of rotatable bonds is 5. The number of thiazole rings is 1. The lowest BCUT2D eigenvalue weighted by Crippen LogP contribution is -2.29. The molecule has 1 heterocycles. The maximum absolute atomic E-state index is 12.5. The molecule has 132 valence electrons. The molecule has 0 saturated heterocycles. The quantitative estimate of drug-likeness (QED) is 0.869. The topological polar surface area (TPSA) is 79.4 Å². The van der Waals surface area contributed by atoms with Gasteiger partial charge in [0.15, 0.2) is 5.13 Å². The van der Waals surface area contributed by atoms with Crippen LogP contribution in [-0.4, -0.2) is 36.7 Å². The third-order valence-corrected chi connectivity index (χ3v) is 7.67. The molecule has 1 amide bonds. The summed E-state index contributed by atoms with van der Waals surface area (Å²) in [5.41, 5.74) is 1.51. The average Bonchev–Trinajstić information content (AvgIpc) is 3.24. The number of sulfonamides is 1. The number of hydrogen-bond acceptors (Lipinski definition) is 5. The van der Waals surface area contributed by atoms with Gasteiger partial charge in [-0.3, -0.25) is 10.1 Å². The van der Waals surface area contributed by atoms with E-state index in [4.69, 9.17) is 0 Å². The molecule has 2 aromatic rings. The third kappa shape index (κ3) is 3.21. The van der Waals surface area contributed by atoms with Crippen molar-refractivity contribution in [3.63, 3.8) is 0 Å². The number of benzene rings is 1. The molecule has 0 unspecified atom stereocenters. The van der Waals surface area contributed by atoms with Crippen LogP contribution in [0, 0.1) is 0 Å². The van der Waals surface area contributed by atoms with Crippen molar-refractivity contribution in [2.24, 2.45) is 0 Å². The number of nitrogens with zero attached hydrogens (tertiary/aromatic N) is 2. The first-order valence-corrected chi connectivity index (χ1v) is 10.6. The molecule has 2 aliphatic carbocycles. The lowest BCUT2D eigenvalue weighted by Gasteiger charge is -2.16. The molecule has 0 radical (unpaired) electrons. The largest absolute Gasteiger partial charge is 0.298 e. The monoisotopic (exact) mass is 377 g/mol. The number of nitrogens with one attached hydrogen (secondary N) is 1. The Morgan fingerprint density at radius 2 is 1.96 bits per heavy atom. The van der Waals surface area contributed by atoms with Gasteiger partial charge in [0.2, 0.25) is 10.0 Å². The molecule has 1 fully saturated rings. The minimum Gasteiger partial charge on any atom is -0.298 e. The summed E-state index contributed by atoms with van der Waals surface area (Å²) in [7, 11) is -1.88. The summed E-state index contributed by atoms with van der Waals surface area (Å²) in [6.45, 7) is 0. The highest BCUT2D eigenvalue weighted by Crippen LogP contribution is 2.31. The average molecular weight is 377 g/mol. The highest BCUT2D eigenvalue weighted by Gasteiger charge is 2.35. The molecule has 25 heavy (non-hydrogen) atoms. The summed E-state index contributed by atoms with van der Waals surface area (Å²) in [4.78, 5) is 18.3. The van der Waals surface area contributed by atoms with Gasteiger partial charge in [-0.25, -0.2) is 13.4 Å². The second-order valence-corrected chi connectivity index (χ2v) is 9.55. The Kier molecular flexibility index (Phi) is 4.13. The zero-order chi connectivity index (χ0) is 17.6. The van der Waals surface area contributed by atoms with Gasteiger partial charge in [0.1, 0.15) is 0 Å². The minimum absolute atomic E-state index is 0.111. The normalized spacial score (nSPS) is 16.9. The molecular weight excluding hydrogens is 358 g/mol. The van der Waals surface area contributed by atoms with E-state index in [0.717, 1.165) is 37.8 Å². The number of amides is 1. The lowest BCUT2D eigenvalue weighted by atomic mass is 10.2. The molecule has 0 atom stereocenters. The van der Waals surface area contributed by atoms with Crippen LogP contribution in [0.1, 0.15) is 40.2 Å². The number of aryl methyl sites for hydroxylation is 2. The summed E-state index contributed by atoms with van der Waals surface area (Å²) in [5.74, 6) is -0.271. The maximum atomic E-state index is 12.5. The van der Waals surface area contributed by atoms with Crippen LogP contribution in [0.5, 0.6) is 0 Å². The second-order valence-electron chi connectivity index (χ2n) is 6.47. The van der Waals surface area contributed by atoms with Crippen molar-refractivity contribution >= 4 is 32.4 Å². The molecule has 6 nitrogen and oxygen atoms in total. The first-order valence-electron chi connectivity index (χ1n) is 8.33. The molecule has 1 N–H and O–H groups in total. The van der Waals surface area contributed by atoms with E-state index in [1.807, 2.05) is 0 Å². The van der Waals surface area contributed by atoms with E-state index >= 15 is 0 Å². The fourth-order valence-corrected chi connectivity index (χ4v) is 5.45. The number of aromatic nitrogens is 1. The van der Waals surface area contributed by atoms with E-state index < -0.39 is 10.0 Å². The predicted octanol–water partition coefficient (Wildman–Crippen LogP) is 2.67. The van der Waals surface area contributed by atoms with Crippen LogP contribution >= 0.6 is 11.3 Å². The number of anilines is 1. The van der Waals surface area contributed by atoms with Crippen molar-refractivity contribution in [2.45, 2.75) is 43.0 Å². The van der Waals surface area contributed by atoms with E-state index in [1.54, 1.807) is 19.2 Å². The highest BCUT2D eigenvalue weighted by atomic mass is 32.2. The van der Waals surface area contributed by atoms with E-state index in [0.29, 0.717) is 10.7 Å². The Labute approximate surface area is 150 Å². The van der Waals surface area contributed by atoms with Crippen molar-refractivity contribution in [2.75, 3.05) is 12.4 Å². The summed E-state index contributed by atoms with van der Waals surface area (Å²) in [5, 5.41) is 3.42. The molecule has 0 aliphatic heterocycles. The van der Waals surface area contributed by atoms with Gasteiger partial charge >= 0.3 is 0 Å². The first-order chi connectivity index (χ1) is 11.9. The van der Waals surface area contributed by atoms with Crippen LogP contribution in [0.25, 0.3) is 0 Å². The van der Waals surface area contributed by atoms with Crippen LogP contribution in [-0.2, 0) is 22.9 Å². The van der Waals surface area contributed by atoms with Crippen LogP contribution in [0.4, 0.5) is 5.13 Å². The summed E-state index contributed by atoms with van der Waals surface area (Å²) in [6.07, 6.45) is 4.96. The van der Waals surface area contributed by atoms with Crippen LogP contribution < -0.4 is 5.32 Å².